The molecule has 0 aromatic heterocycles. The maximum absolute atomic E-state index is 12.2. The van der Waals surface area contributed by atoms with E-state index in [1.165, 1.54) is 0 Å². The predicted molar refractivity (Wildman–Crippen MR) is 72.4 cm³/mol. The average molecular weight is 282 g/mol. The first-order valence-corrected chi connectivity index (χ1v) is 6.64. The van der Waals surface area contributed by atoms with E-state index in [0.717, 1.165) is 18.4 Å². The van der Waals surface area contributed by atoms with Crippen LogP contribution < -0.4 is 5.32 Å². The summed E-state index contributed by atoms with van der Waals surface area (Å²) in [6.45, 7) is 1.81. The molecule has 1 aromatic carbocycles. The van der Waals surface area contributed by atoms with Gasteiger partial charge in [0.1, 0.15) is 0 Å². The molecule has 1 fully saturated rings. The molecule has 1 saturated carbocycles. The molecule has 1 unspecified atom stereocenters. The van der Waals surface area contributed by atoms with Gasteiger partial charge in [-0.1, -0.05) is 11.6 Å². The van der Waals surface area contributed by atoms with Gasteiger partial charge in [0, 0.05) is 16.6 Å². The highest BCUT2D eigenvalue weighted by Crippen LogP contribution is 2.34. The molecule has 102 valence electrons. The molecule has 1 atom stereocenters. The Kier molecular flexibility index (Phi) is 4.10. The highest BCUT2D eigenvalue weighted by Gasteiger charge is 2.34. The number of carbonyl (C=O) groups is 2. The molecular formula is C14H16ClNO3. The Labute approximate surface area is 116 Å². The van der Waals surface area contributed by atoms with Gasteiger partial charge in [0.15, 0.2) is 0 Å². The maximum Gasteiger partial charge on any atom is 0.305 e. The van der Waals surface area contributed by atoms with E-state index in [-0.39, 0.29) is 18.4 Å². The van der Waals surface area contributed by atoms with Crippen LogP contribution in [-0.2, 0) is 4.79 Å². The lowest BCUT2D eigenvalue weighted by atomic mass is 10.1. The molecule has 19 heavy (non-hydrogen) atoms. The SMILES string of the molecule is Cc1cc(Cl)ccc1C(=O)NC(CC(=O)O)C1CC1. The number of carboxylic acids is 1. The smallest absolute Gasteiger partial charge is 0.305 e. The van der Waals surface area contributed by atoms with Gasteiger partial charge in [0.05, 0.1) is 6.42 Å². The van der Waals surface area contributed by atoms with E-state index < -0.39 is 5.97 Å². The van der Waals surface area contributed by atoms with Crippen LogP contribution in [0.25, 0.3) is 0 Å². The summed E-state index contributed by atoms with van der Waals surface area (Å²) < 4.78 is 0. The molecule has 0 radical (unpaired) electrons. The summed E-state index contributed by atoms with van der Waals surface area (Å²) in [7, 11) is 0. The summed E-state index contributed by atoms with van der Waals surface area (Å²) in [5, 5.41) is 12.3. The Bertz CT molecular complexity index is 511. The van der Waals surface area contributed by atoms with Crippen molar-refractivity contribution in [3.8, 4) is 0 Å². The fourth-order valence-corrected chi connectivity index (χ4v) is 2.38. The normalized spacial score (nSPS) is 15.9. The summed E-state index contributed by atoms with van der Waals surface area (Å²) in [4.78, 5) is 23.0. The van der Waals surface area contributed by atoms with Crippen molar-refractivity contribution in [3.63, 3.8) is 0 Å². The first-order chi connectivity index (χ1) is 8.97. The van der Waals surface area contributed by atoms with Gasteiger partial charge >= 0.3 is 5.97 Å². The van der Waals surface area contributed by atoms with Crippen LogP contribution in [0.15, 0.2) is 18.2 Å². The third-order valence-corrected chi connectivity index (χ3v) is 3.57. The van der Waals surface area contributed by atoms with Crippen molar-refractivity contribution in [1.82, 2.24) is 5.32 Å². The van der Waals surface area contributed by atoms with Crippen LogP contribution in [0, 0.1) is 12.8 Å². The van der Waals surface area contributed by atoms with Crippen molar-refractivity contribution < 1.29 is 14.7 Å². The van der Waals surface area contributed by atoms with Gasteiger partial charge in [-0.05, 0) is 49.4 Å². The van der Waals surface area contributed by atoms with Crippen LogP contribution in [0.1, 0.15) is 35.2 Å². The molecule has 0 aliphatic heterocycles. The van der Waals surface area contributed by atoms with Crippen LogP contribution in [0.5, 0.6) is 0 Å². The van der Waals surface area contributed by atoms with Gasteiger partial charge in [-0.3, -0.25) is 9.59 Å². The molecule has 0 heterocycles. The van der Waals surface area contributed by atoms with Crippen molar-refractivity contribution >= 4 is 23.5 Å². The number of rotatable bonds is 5. The zero-order valence-corrected chi connectivity index (χ0v) is 11.4. The summed E-state index contributed by atoms with van der Waals surface area (Å²) >= 11 is 5.85. The summed E-state index contributed by atoms with van der Waals surface area (Å²) in [5.74, 6) is -0.815. The van der Waals surface area contributed by atoms with Crippen molar-refractivity contribution in [2.45, 2.75) is 32.2 Å². The molecular weight excluding hydrogens is 266 g/mol. The second-order valence-corrected chi connectivity index (χ2v) is 5.41. The van der Waals surface area contributed by atoms with Crippen molar-refractivity contribution in [1.29, 1.82) is 0 Å². The number of nitrogens with one attached hydrogen (secondary N) is 1. The van der Waals surface area contributed by atoms with E-state index >= 15 is 0 Å². The number of hydrogen-bond donors (Lipinski definition) is 2. The topological polar surface area (TPSA) is 66.4 Å². The minimum atomic E-state index is -0.884. The quantitative estimate of drug-likeness (QED) is 0.872. The number of hydrogen-bond acceptors (Lipinski definition) is 2. The Balaban J connectivity index is 2.08. The van der Waals surface area contributed by atoms with E-state index in [1.54, 1.807) is 18.2 Å². The monoisotopic (exact) mass is 281 g/mol. The molecule has 2 N–H and O–H groups in total. The van der Waals surface area contributed by atoms with Crippen molar-refractivity contribution in [2.24, 2.45) is 5.92 Å². The van der Waals surface area contributed by atoms with Gasteiger partial charge < -0.3 is 10.4 Å². The molecule has 2 rings (SSSR count). The number of halogens is 1. The van der Waals surface area contributed by atoms with E-state index in [2.05, 4.69) is 5.32 Å². The number of aliphatic carboxylic acids is 1. The molecule has 1 aromatic rings. The third-order valence-electron chi connectivity index (χ3n) is 3.34. The zero-order valence-electron chi connectivity index (χ0n) is 10.6. The first-order valence-electron chi connectivity index (χ1n) is 6.26. The lowest BCUT2D eigenvalue weighted by Gasteiger charge is -2.17. The number of carboxylic acid groups (broad SMARTS) is 1. The van der Waals surface area contributed by atoms with Crippen LogP contribution >= 0.6 is 11.6 Å². The van der Waals surface area contributed by atoms with E-state index in [9.17, 15) is 9.59 Å². The van der Waals surface area contributed by atoms with Gasteiger partial charge in [-0.25, -0.2) is 0 Å². The highest BCUT2D eigenvalue weighted by atomic mass is 35.5. The minimum absolute atomic E-state index is 0.0248. The number of carbonyl (C=O) groups excluding carboxylic acids is 1. The zero-order chi connectivity index (χ0) is 14.0. The molecule has 1 amide bonds. The maximum atomic E-state index is 12.2. The van der Waals surface area contributed by atoms with Gasteiger partial charge in [-0.15, -0.1) is 0 Å². The van der Waals surface area contributed by atoms with E-state index in [0.29, 0.717) is 16.5 Å². The van der Waals surface area contributed by atoms with E-state index in [4.69, 9.17) is 16.7 Å². The first kappa shape index (κ1) is 13.9. The van der Waals surface area contributed by atoms with Gasteiger partial charge in [0.2, 0.25) is 0 Å². The Morgan fingerprint density at radius 3 is 2.68 bits per heavy atom. The molecule has 0 saturated heterocycles. The molecule has 1 aliphatic rings. The molecule has 0 spiro atoms. The summed E-state index contributed by atoms with van der Waals surface area (Å²) in [6.07, 6.45) is 1.94. The molecule has 4 nitrogen and oxygen atoms in total. The Morgan fingerprint density at radius 1 is 1.47 bits per heavy atom. The van der Waals surface area contributed by atoms with Crippen LogP contribution in [0.3, 0.4) is 0 Å². The second kappa shape index (κ2) is 5.61. The number of benzene rings is 1. The lowest BCUT2D eigenvalue weighted by Crippen LogP contribution is -2.38. The number of aryl methyl sites for hydroxylation is 1. The average Bonchev–Trinajstić information content (AvgIpc) is 3.10. The Hall–Kier alpha value is -1.55. The van der Waals surface area contributed by atoms with E-state index in [1.807, 2.05) is 6.92 Å². The predicted octanol–water partition coefficient (Wildman–Crippen LogP) is 2.63. The van der Waals surface area contributed by atoms with Crippen molar-refractivity contribution in [3.05, 3.63) is 34.3 Å². The van der Waals surface area contributed by atoms with Crippen LogP contribution in [0.2, 0.25) is 5.02 Å². The standard InChI is InChI=1S/C14H16ClNO3/c1-8-6-10(15)4-5-11(8)14(19)16-12(7-13(17)18)9-2-3-9/h4-6,9,12H,2-3,7H2,1H3,(H,16,19)(H,17,18). The third kappa shape index (κ3) is 3.70. The number of amides is 1. The Morgan fingerprint density at radius 2 is 2.16 bits per heavy atom. The van der Waals surface area contributed by atoms with Gasteiger partial charge in [0.25, 0.3) is 5.91 Å². The van der Waals surface area contributed by atoms with Crippen LogP contribution in [-0.4, -0.2) is 23.0 Å². The fourth-order valence-electron chi connectivity index (χ4n) is 2.15. The molecule has 5 heteroatoms. The highest BCUT2D eigenvalue weighted by molar-refractivity contribution is 6.30. The fraction of sp³-hybridized carbons (Fsp3) is 0.429. The second-order valence-electron chi connectivity index (χ2n) is 4.97. The largest absolute Gasteiger partial charge is 0.481 e. The summed E-state index contributed by atoms with van der Waals surface area (Å²) in [5.41, 5.74) is 1.33. The van der Waals surface area contributed by atoms with Crippen molar-refractivity contribution in [2.75, 3.05) is 0 Å². The minimum Gasteiger partial charge on any atom is -0.481 e. The van der Waals surface area contributed by atoms with Crippen LogP contribution in [0.4, 0.5) is 0 Å². The summed E-state index contributed by atoms with van der Waals surface area (Å²) in [6, 6.07) is 4.77. The van der Waals surface area contributed by atoms with Gasteiger partial charge in [-0.2, -0.15) is 0 Å². The molecule has 0 bridgehead atoms. The molecule has 1 aliphatic carbocycles. The lowest BCUT2D eigenvalue weighted by molar-refractivity contribution is -0.137.